The summed E-state index contributed by atoms with van der Waals surface area (Å²) in [4.78, 5) is -3.42. The molecule has 4 aliphatic rings. The molecule has 15 atom stereocenters. The molecule has 2 unspecified atom stereocenters. The van der Waals surface area contributed by atoms with E-state index < -0.39 is 107 Å². The molecule has 4 fully saturated rings. The van der Waals surface area contributed by atoms with Gasteiger partial charge in [-0.25, -0.2) is 0 Å². The first kappa shape index (κ1) is 29.6. The summed E-state index contributed by atoms with van der Waals surface area (Å²) in [6.07, 6.45) is -12.6. The number of hydrogen-bond acceptors (Lipinski definition) is 17. The van der Waals surface area contributed by atoms with Gasteiger partial charge in [0.15, 0.2) is 6.29 Å². The molecule has 4 heterocycles. The maximum atomic E-state index is 10.9. The molecule has 0 spiro atoms. The van der Waals surface area contributed by atoms with Crippen molar-refractivity contribution in [2.24, 2.45) is 17.2 Å². The fraction of sp³-hybridized carbons (Fsp3) is 1.00. The molecule has 4 aliphatic heterocycles. The third kappa shape index (κ3) is 4.55. The number of aliphatic hydroxyl groups is 8. The Labute approximate surface area is 224 Å². The van der Waals surface area contributed by atoms with Crippen LogP contribution in [0.1, 0.15) is 0 Å². The monoisotopic (exact) mass is 739 g/mol. The standard InChI is InChI=1S/C18H32N3O13S.Bi/c19-6-9(25)11(4(1-22)30-14(6)28)32-15-7(20)10(26)12(5(2-23)31-15)33-16-8(21)13(27)18(29)17(3-24,34-16)35-18;/h4-12,14-16,22-29H,1-3,19-21H2;/t4-,5-,6-,7-,8+,9-,10-,11?,12?,14-,15+,16+,17-,18-;/m1./s1. The van der Waals surface area contributed by atoms with Crippen LogP contribution in [0.15, 0.2) is 0 Å². The molecular weight excluding hydrogens is 707 g/mol. The summed E-state index contributed by atoms with van der Waals surface area (Å²) in [6.45, 7) is -2.01. The van der Waals surface area contributed by atoms with Gasteiger partial charge in [0.1, 0.15) is 0 Å². The van der Waals surface area contributed by atoms with Crippen molar-refractivity contribution in [2.45, 2.75) is 86.8 Å². The van der Waals surface area contributed by atoms with E-state index >= 15 is 0 Å². The molecule has 208 valence electrons. The van der Waals surface area contributed by atoms with Crippen LogP contribution in [-0.4, -0.2) is 172 Å². The van der Waals surface area contributed by atoms with Crippen LogP contribution >= 0.6 is 11.8 Å². The molecule has 36 heavy (non-hydrogen) atoms. The SMILES string of the molecule is N[C@H]1[C@H](OC2[C@@H](CO)O[C@@H](O)[C@H](N)[C@H]2O)O[C@H](CO)C(O[C@H]2O[C@]3(CO)S[C@]3(O)[C@](O)([Bi])[C@@H]2N)[C@@H]1O. The molecular formula is C18H32BiN3O13S. The van der Waals surface area contributed by atoms with Crippen molar-refractivity contribution >= 4 is 36.5 Å². The van der Waals surface area contributed by atoms with Crippen molar-refractivity contribution in [3.63, 3.8) is 0 Å². The Balaban J connectivity index is 1.49. The van der Waals surface area contributed by atoms with Gasteiger partial charge in [0, 0.05) is 0 Å². The zero-order chi connectivity index (χ0) is 26.8. The summed E-state index contributed by atoms with van der Waals surface area (Å²) in [6, 6.07) is -3.90. The van der Waals surface area contributed by atoms with Gasteiger partial charge in [0.05, 0.1) is 0 Å². The summed E-state index contributed by atoms with van der Waals surface area (Å²) in [5.41, 5.74) is 17.9. The van der Waals surface area contributed by atoms with Crippen LogP contribution in [0.25, 0.3) is 0 Å². The van der Waals surface area contributed by atoms with E-state index in [1.165, 1.54) is 0 Å². The normalized spacial score (nSPS) is 57.3. The summed E-state index contributed by atoms with van der Waals surface area (Å²) < 4.78 is 26.1. The summed E-state index contributed by atoms with van der Waals surface area (Å²) in [5.74, 6) is 0. The van der Waals surface area contributed by atoms with Crippen molar-refractivity contribution in [3.05, 3.63) is 0 Å². The van der Waals surface area contributed by atoms with Gasteiger partial charge in [-0.2, -0.15) is 0 Å². The minimum absolute atomic E-state index is 0.238. The van der Waals surface area contributed by atoms with Crippen LogP contribution in [0.5, 0.6) is 0 Å². The fourth-order valence-electron chi connectivity index (χ4n) is 4.60. The molecule has 0 bridgehead atoms. The Morgan fingerprint density at radius 1 is 0.833 bits per heavy atom. The molecule has 4 saturated heterocycles. The van der Waals surface area contributed by atoms with Crippen LogP contribution in [0.2, 0.25) is 0 Å². The second-order valence-electron chi connectivity index (χ2n) is 9.21. The van der Waals surface area contributed by atoms with Gasteiger partial charge in [0.25, 0.3) is 0 Å². The van der Waals surface area contributed by atoms with Crippen LogP contribution in [0, 0.1) is 0 Å². The average Bonchev–Trinajstić information content (AvgIpc) is 3.48. The first-order valence-electron chi connectivity index (χ1n) is 11.1. The third-order valence-electron chi connectivity index (χ3n) is 6.96. The molecule has 0 amide bonds. The number of nitrogens with two attached hydrogens (primary N) is 3. The van der Waals surface area contributed by atoms with E-state index in [1.54, 1.807) is 0 Å². The van der Waals surface area contributed by atoms with Crippen molar-refractivity contribution in [1.82, 2.24) is 0 Å². The van der Waals surface area contributed by atoms with E-state index in [0.29, 0.717) is 0 Å². The average molecular weight is 740 g/mol. The molecule has 2 radical (unpaired) electrons. The summed E-state index contributed by atoms with van der Waals surface area (Å²) in [7, 11) is 0. The van der Waals surface area contributed by atoms with E-state index in [-0.39, 0.29) is 24.7 Å². The molecule has 14 N–H and O–H groups in total. The van der Waals surface area contributed by atoms with Gasteiger partial charge >= 0.3 is 203 Å². The Morgan fingerprint density at radius 2 is 1.36 bits per heavy atom. The molecule has 0 saturated carbocycles. The number of thioether (sulfide) groups is 1. The first-order chi connectivity index (χ1) is 16.8. The Morgan fingerprint density at radius 3 is 1.92 bits per heavy atom. The van der Waals surface area contributed by atoms with Gasteiger partial charge < -0.3 is 15.9 Å². The topological polar surface area (TPSA) is 286 Å². The van der Waals surface area contributed by atoms with Crippen LogP contribution in [0.4, 0.5) is 0 Å². The Hall–Kier alpha value is 0.593. The molecule has 16 nitrogen and oxygen atoms in total. The van der Waals surface area contributed by atoms with Gasteiger partial charge in [-0.3, -0.25) is 0 Å². The van der Waals surface area contributed by atoms with Gasteiger partial charge in [0.2, 0.25) is 0 Å². The number of aliphatic hydroxyl groups excluding tert-OH is 6. The molecule has 0 aromatic heterocycles. The van der Waals surface area contributed by atoms with E-state index in [2.05, 4.69) is 0 Å². The van der Waals surface area contributed by atoms with Crippen molar-refractivity contribution in [2.75, 3.05) is 19.8 Å². The minimum atomic E-state index is -1.86. The van der Waals surface area contributed by atoms with Gasteiger partial charge in [-0.15, -0.1) is 0 Å². The summed E-state index contributed by atoms with van der Waals surface area (Å²) in [5, 5.41) is 82.0. The van der Waals surface area contributed by atoms with Gasteiger partial charge in [-0.1, -0.05) is 0 Å². The van der Waals surface area contributed by atoms with Crippen molar-refractivity contribution in [1.29, 1.82) is 0 Å². The van der Waals surface area contributed by atoms with Crippen molar-refractivity contribution < 1.29 is 64.5 Å². The molecule has 4 rings (SSSR count). The van der Waals surface area contributed by atoms with E-state index in [0.717, 1.165) is 11.8 Å². The van der Waals surface area contributed by atoms with E-state index in [1.807, 2.05) is 0 Å². The third-order valence-corrected chi connectivity index (χ3v) is 11.6. The fourth-order valence-corrected chi connectivity index (χ4v) is 7.80. The van der Waals surface area contributed by atoms with Crippen LogP contribution < -0.4 is 17.2 Å². The predicted molar refractivity (Wildman–Crippen MR) is 117 cm³/mol. The molecule has 18 heteroatoms. The molecule has 0 aromatic carbocycles. The number of hydrogen-bond donors (Lipinski definition) is 11. The van der Waals surface area contributed by atoms with Crippen LogP contribution in [0.3, 0.4) is 0 Å². The number of ether oxygens (including phenoxy) is 5. The van der Waals surface area contributed by atoms with Crippen LogP contribution in [-0.2, 0) is 23.7 Å². The zero-order valence-corrected chi connectivity index (χ0v) is 23.0. The predicted octanol–water partition coefficient (Wildman–Crippen LogP) is -7.78. The Kier molecular flexibility index (Phi) is 8.65. The first-order valence-corrected chi connectivity index (χ1v) is 13.6. The zero-order valence-electron chi connectivity index (χ0n) is 18.8. The quantitative estimate of drug-likeness (QED) is 0.0854. The summed E-state index contributed by atoms with van der Waals surface area (Å²) >= 11 is 1.02. The molecule has 0 aliphatic carbocycles. The number of fused-ring (bicyclic) bond motifs is 1. The van der Waals surface area contributed by atoms with E-state index in [9.17, 15) is 40.9 Å². The second-order valence-corrected chi connectivity index (χ2v) is 13.3. The maximum absolute atomic E-state index is 10.9. The molecule has 0 aromatic rings. The van der Waals surface area contributed by atoms with Gasteiger partial charge in [-0.05, 0) is 0 Å². The second kappa shape index (κ2) is 10.5. The van der Waals surface area contributed by atoms with Crippen molar-refractivity contribution in [3.8, 4) is 0 Å². The Bertz CT molecular complexity index is 803. The van der Waals surface area contributed by atoms with E-state index in [4.69, 9.17) is 40.9 Å². The number of rotatable bonds is 7.